The van der Waals surface area contributed by atoms with Gasteiger partial charge < -0.3 is 15.4 Å². The van der Waals surface area contributed by atoms with Crippen molar-refractivity contribution in [3.63, 3.8) is 0 Å². The normalized spacial score (nSPS) is 10.5. The van der Waals surface area contributed by atoms with Gasteiger partial charge in [-0.1, -0.05) is 19.4 Å². The molecule has 146 valence electrons. The number of nitrogens with zero attached hydrogens (tertiary/aromatic N) is 3. The number of aryl methyl sites for hydroxylation is 1. The van der Waals surface area contributed by atoms with Gasteiger partial charge in [0.25, 0.3) is 0 Å². The second kappa shape index (κ2) is 9.55. The molecule has 1 aromatic carbocycles. The van der Waals surface area contributed by atoms with Gasteiger partial charge in [0.1, 0.15) is 5.75 Å². The molecule has 0 radical (unpaired) electrons. The zero-order valence-corrected chi connectivity index (χ0v) is 16.2. The highest BCUT2D eigenvalue weighted by Gasteiger charge is 2.05. The van der Waals surface area contributed by atoms with Crippen molar-refractivity contribution < 1.29 is 9.53 Å². The van der Waals surface area contributed by atoms with Crippen LogP contribution in [0.1, 0.15) is 25.3 Å². The second-order valence-electron chi connectivity index (χ2n) is 6.49. The molecule has 0 aliphatic rings. The van der Waals surface area contributed by atoms with Crippen LogP contribution in [0.4, 0.5) is 10.5 Å². The van der Waals surface area contributed by atoms with Crippen LogP contribution in [0.5, 0.6) is 5.75 Å². The van der Waals surface area contributed by atoms with E-state index in [-0.39, 0.29) is 6.03 Å². The Hall–Kier alpha value is -3.35. The average Bonchev–Trinajstić information content (AvgIpc) is 3.15. The maximum atomic E-state index is 12.1. The lowest BCUT2D eigenvalue weighted by Crippen LogP contribution is -2.28. The van der Waals surface area contributed by atoms with Gasteiger partial charge in [-0.2, -0.15) is 5.10 Å². The summed E-state index contributed by atoms with van der Waals surface area (Å²) < 4.78 is 7.35. The fourth-order valence-corrected chi connectivity index (χ4v) is 2.58. The molecule has 0 aliphatic heterocycles. The number of carbonyl (C=O) groups excluding carboxylic acids is 1. The lowest BCUT2D eigenvalue weighted by molar-refractivity contribution is 0.251. The summed E-state index contributed by atoms with van der Waals surface area (Å²) in [6.45, 7) is 3.22. The number of hydrogen-bond acceptors (Lipinski definition) is 4. The van der Waals surface area contributed by atoms with E-state index in [1.54, 1.807) is 17.1 Å². The monoisotopic (exact) mass is 379 g/mol. The van der Waals surface area contributed by atoms with Crippen molar-refractivity contribution in [2.75, 3.05) is 11.9 Å². The fourth-order valence-electron chi connectivity index (χ4n) is 2.58. The van der Waals surface area contributed by atoms with E-state index in [1.165, 1.54) is 0 Å². The molecule has 0 saturated carbocycles. The highest BCUT2D eigenvalue weighted by Crippen LogP contribution is 2.17. The lowest BCUT2D eigenvalue weighted by Gasteiger charge is -2.09. The summed E-state index contributed by atoms with van der Waals surface area (Å²) in [5.41, 5.74) is 3.44. The zero-order chi connectivity index (χ0) is 19.8. The number of rotatable bonds is 8. The number of aromatic nitrogens is 3. The number of benzene rings is 1. The molecule has 2 aromatic heterocycles. The van der Waals surface area contributed by atoms with E-state index < -0.39 is 0 Å². The molecule has 3 rings (SSSR count). The number of unbranched alkanes of at least 4 members (excludes halogenated alkanes) is 1. The zero-order valence-electron chi connectivity index (χ0n) is 16.2. The number of urea groups is 1. The van der Waals surface area contributed by atoms with E-state index in [4.69, 9.17) is 4.74 Å². The maximum Gasteiger partial charge on any atom is 0.319 e. The molecule has 0 atom stereocenters. The summed E-state index contributed by atoms with van der Waals surface area (Å²) in [5.74, 6) is 0.805. The van der Waals surface area contributed by atoms with Crippen LogP contribution in [0.15, 0.2) is 55.0 Å². The molecule has 0 bridgehead atoms. The molecular formula is C21H25N5O2. The number of nitrogens with one attached hydrogen (secondary N) is 2. The molecule has 7 heteroatoms. The summed E-state index contributed by atoms with van der Waals surface area (Å²) in [5, 5.41) is 9.78. The number of pyridine rings is 1. The summed E-state index contributed by atoms with van der Waals surface area (Å²) in [6.07, 6.45) is 7.56. The summed E-state index contributed by atoms with van der Waals surface area (Å²) in [4.78, 5) is 16.5. The van der Waals surface area contributed by atoms with Gasteiger partial charge in [0.05, 0.1) is 18.5 Å². The number of hydrogen-bond donors (Lipinski definition) is 2. The minimum atomic E-state index is -0.268. The third-order valence-electron chi connectivity index (χ3n) is 4.16. The predicted molar refractivity (Wildman–Crippen MR) is 109 cm³/mol. The smallest absolute Gasteiger partial charge is 0.319 e. The molecule has 28 heavy (non-hydrogen) atoms. The number of ether oxygens (including phenoxy) is 1. The van der Waals surface area contributed by atoms with Crippen LogP contribution in [0.25, 0.3) is 11.3 Å². The van der Waals surface area contributed by atoms with Crippen LogP contribution in [0, 0.1) is 0 Å². The van der Waals surface area contributed by atoms with Crippen LogP contribution < -0.4 is 15.4 Å². The van der Waals surface area contributed by atoms with Gasteiger partial charge in [-0.25, -0.2) is 4.79 Å². The number of amides is 2. The Bertz CT molecular complexity index is 888. The quantitative estimate of drug-likeness (QED) is 0.580. The van der Waals surface area contributed by atoms with Crippen molar-refractivity contribution in [1.82, 2.24) is 20.1 Å². The standard InChI is InChI=1S/C21H25N5O2/c1-3-4-11-28-19-8-6-18(7-9-19)25-21(27)23-13-16-5-10-20(22-12-16)17-14-24-26(2)15-17/h5-10,12,14-15H,3-4,11,13H2,1-2H3,(H2,23,25,27). The third kappa shape index (κ3) is 5.57. The number of anilines is 1. The van der Waals surface area contributed by atoms with E-state index in [0.29, 0.717) is 18.8 Å². The maximum absolute atomic E-state index is 12.1. The lowest BCUT2D eigenvalue weighted by atomic mass is 10.2. The minimum absolute atomic E-state index is 0.268. The molecule has 0 fully saturated rings. The molecule has 3 aromatic rings. The Morgan fingerprint density at radius 1 is 1.14 bits per heavy atom. The highest BCUT2D eigenvalue weighted by atomic mass is 16.5. The van der Waals surface area contributed by atoms with Crippen LogP contribution >= 0.6 is 0 Å². The van der Waals surface area contributed by atoms with E-state index in [9.17, 15) is 4.79 Å². The Morgan fingerprint density at radius 2 is 1.96 bits per heavy atom. The van der Waals surface area contributed by atoms with Gasteiger partial charge in [0.15, 0.2) is 0 Å². The molecule has 0 spiro atoms. The largest absolute Gasteiger partial charge is 0.494 e. The summed E-state index contributed by atoms with van der Waals surface area (Å²) in [6, 6.07) is 11.0. The van der Waals surface area contributed by atoms with Gasteiger partial charge >= 0.3 is 6.03 Å². The van der Waals surface area contributed by atoms with Crippen molar-refractivity contribution in [2.45, 2.75) is 26.3 Å². The second-order valence-corrected chi connectivity index (χ2v) is 6.49. The van der Waals surface area contributed by atoms with Gasteiger partial charge in [0.2, 0.25) is 0 Å². The SMILES string of the molecule is CCCCOc1ccc(NC(=O)NCc2ccc(-c3cnn(C)c3)nc2)cc1. The third-order valence-corrected chi connectivity index (χ3v) is 4.16. The Labute approximate surface area is 164 Å². The van der Waals surface area contributed by atoms with Gasteiger partial charge in [-0.15, -0.1) is 0 Å². The van der Waals surface area contributed by atoms with E-state index in [1.807, 2.05) is 49.6 Å². The Balaban J connectivity index is 1.46. The van der Waals surface area contributed by atoms with Crippen molar-refractivity contribution in [3.8, 4) is 17.0 Å². The van der Waals surface area contributed by atoms with Crippen molar-refractivity contribution in [3.05, 3.63) is 60.6 Å². The first kappa shape index (κ1) is 19.4. The first-order chi connectivity index (χ1) is 13.6. The van der Waals surface area contributed by atoms with Gasteiger partial charge in [0, 0.05) is 37.2 Å². The molecule has 0 unspecified atom stereocenters. The fraction of sp³-hybridized carbons (Fsp3) is 0.286. The summed E-state index contributed by atoms with van der Waals surface area (Å²) in [7, 11) is 1.87. The van der Waals surface area contributed by atoms with Crippen molar-refractivity contribution in [1.29, 1.82) is 0 Å². The summed E-state index contributed by atoms with van der Waals surface area (Å²) >= 11 is 0. The van der Waals surface area contributed by atoms with Crippen LogP contribution in [-0.4, -0.2) is 27.4 Å². The topological polar surface area (TPSA) is 81.1 Å². The van der Waals surface area contributed by atoms with Gasteiger partial charge in [-0.05, 0) is 42.3 Å². The van der Waals surface area contributed by atoms with Crippen LogP contribution in [0.3, 0.4) is 0 Å². The van der Waals surface area contributed by atoms with Gasteiger partial charge in [-0.3, -0.25) is 9.67 Å². The van der Waals surface area contributed by atoms with E-state index in [0.717, 1.165) is 35.4 Å². The van der Waals surface area contributed by atoms with Crippen molar-refractivity contribution >= 4 is 11.7 Å². The van der Waals surface area contributed by atoms with Crippen LogP contribution in [0.2, 0.25) is 0 Å². The molecule has 2 amide bonds. The molecule has 2 heterocycles. The molecule has 7 nitrogen and oxygen atoms in total. The van der Waals surface area contributed by atoms with E-state index in [2.05, 4.69) is 27.6 Å². The molecule has 0 saturated heterocycles. The minimum Gasteiger partial charge on any atom is -0.494 e. The molecular weight excluding hydrogens is 354 g/mol. The predicted octanol–water partition coefficient (Wildman–Crippen LogP) is 3.98. The first-order valence-electron chi connectivity index (χ1n) is 9.35. The molecule has 2 N–H and O–H groups in total. The van der Waals surface area contributed by atoms with Crippen LogP contribution in [-0.2, 0) is 13.6 Å². The first-order valence-corrected chi connectivity index (χ1v) is 9.35. The Kier molecular flexibility index (Phi) is 6.62. The Morgan fingerprint density at radius 3 is 2.61 bits per heavy atom. The highest BCUT2D eigenvalue weighted by molar-refractivity contribution is 5.89. The average molecular weight is 379 g/mol. The van der Waals surface area contributed by atoms with E-state index >= 15 is 0 Å². The molecule has 0 aliphatic carbocycles. The number of carbonyl (C=O) groups is 1. The van der Waals surface area contributed by atoms with Crippen molar-refractivity contribution in [2.24, 2.45) is 7.05 Å².